The molecule has 2 unspecified atom stereocenters. The van der Waals surface area contributed by atoms with Crippen molar-refractivity contribution in [3.63, 3.8) is 0 Å². The molecule has 4 heteroatoms. The zero-order valence-electron chi connectivity index (χ0n) is 10.1. The molecule has 0 aliphatic carbocycles. The third-order valence-electron chi connectivity index (χ3n) is 2.96. The lowest BCUT2D eigenvalue weighted by Crippen LogP contribution is -2.19. The Hall–Kier alpha value is -1.23. The van der Waals surface area contributed by atoms with Crippen molar-refractivity contribution in [2.75, 3.05) is 6.54 Å². The molecule has 0 radical (unpaired) electrons. The molecule has 0 spiro atoms. The molecule has 2 nitrogen and oxygen atoms in total. The van der Waals surface area contributed by atoms with E-state index in [1.165, 1.54) is 23.5 Å². The van der Waals surface area contributed by atoms with Gasteiger partial charge in [0.15, 0.2) is 0 Å². The van der Waals surface area contributed by atoms with E-state index in [2.05, 4.69) is 0 Å². The fourth-order valence-electron chi connectivity index (χ4n) is 2.00. The third-order valence-corrected chi connectivity index (χ3v) is 4.04. The molecular formula is C14H16FNOS. The van der Waals surface area contributed by atoms with Gasteiger partial charge in [-0.15, -0.1) is 11.3 Å². The second-order valence-electron chi connectivity index (χ2n) is 4.29. The van der Waals surface area contributed by atoms with Crippen LogP contribution < -0.4 is 5.73 Å². The van der Waals surface area contributed by atoms with Gasteiger partial charge >= 0.3 is 0 Å². The van der Waals surface area contributed by atoms with Crippen LogP contribution in [-0.2, 0) is 0 Å². The van der Waals surface area contributed by atoms with E-state index >= 15 is 0 Å². The van der Waals surface area contributed by atoms with Crippen molar-refractivity contribution in [1.29, 1.82) is 0 Å². The minimum absolute atomic E-state index is 0.279. The topological polar surface area (TPSA) is 46.2 Å². The Morgan fingerprint density at radius 2 is 2.11 bits per heavy atom. The summed E-state index contributed by atoms with van der Waals surface area (Å²) in [5, 5.41) is 10.3. The van der Waals surface area contributed by atoms with Gasteiger partial charge in [-0.25, -0.2) is 4.39 Å². The lowest BCUT2D eigenvalue weighted by atomic mass is 9.92. The molecule has 1 aromatic carbocycles. The minimum Gasteiger partial charge on any atom is -0.387 e. The number of halogens is 1. The summed E-state index contributed by atoms with van der Waals surface area (Å²) in [6.45, 7) is 2.27. The maximum Gasteiger partial charge on any atom is 0.123 e. The molecule has 2 rings (SSSR count). The van der Waals surface area contributed by atoms with Crippen LogP contribution in [0, 0.1) is 12.7 Å². The Labute approximate surface area is 110 Å². The van der Waals surface area contributed by atoms with Crippen molar-refractivity contribution < 1.29 is 9.50 Å². The molecular weight excluding hydrogens is 249 g/mol. The van der Waals surface area contributed by atoms with Crippen molar-refractivity contribution in [2.24, 2.45) is 5.73 Å². The van der Waals surface area contributed by atoms with E-state index in [0.29, 0.717) is 0 Å². The number of hydrogen-bond donors (Lipinski definition) is 2. The van der Waals surface area contributed by atoms with Gasteiger partial charge in [-0.2, -0.15) is 0 Å². The van der Waals surface area contributed by atoms with Gasteiger partial charge in [-0.05, 0) is 36.8 Å². The van der Waals surface area contributed by atoms with Crippen molar-refractivity contribution in [3.8, 4) is 0 Å². The molecule has 18 heavy (non-hydrogen) atoms. The highest BCUT2D eigenvalue weighted by molar-refractivity contribution is 7.12. The first kappa shape index (κ1) is 13.2. The first-order valence-corrected chi connectivity index (χ1v) is 6.63. The molecule has 2 atom stereocenters. The molecule has 0 bridgehead atoms. The van der Waals surface area contributed by atoms with Crippen LogP contribution in [0.1, 0.15) is 27.3 Å². The van der Waals surface area contributed by atoms with E-state index in [1.54, 1.807) is 12.1 Å². The Balaban J connectivity index is 2.28. The fourth-order valence-corrected chi connectivity index (χ4v) is 2.92. The molecule has 1 heterocycles. The number of rotatable bonds is 4. The second-order valence-corrected chi connectivity index (χ2v) is 5.61. The number of hydrogen-bond acceptors (Lipinski definition) is 3. The van der Waals surface area contributed by atoms with E-state index in [0.717, 1.165) is 15.3 Å². The quantitative estimate of drug-likeness (QED) is 0.892. The van der Waals surface area contributed by atoms with Gasteiger partial charge in [0.1, 0.15) is 5.82 Å². The van der Waals surface area contributed by atoms with Crippen molar-refractivity contribution >= 4 is 11.3 Å². The summed E-state index contributed by atoms with van der Waals surface area (Å²) in [6.07, 6.45) is -0.685. The third kappa shape index (κ3) is 2.77. The van der Waals surface area contributed by atoms with Gasteiger partial charge in [-0.3, -0.25) is 0 Å². The van der Waals surface area contributed by atoms with Gasteiger partial charge in [0.2, 0.25) is 0 Å². The molecule has 0 aliphatic heterocycles. The van der Waals surface area contributed by atoms with E-state index < -0.39 is 6.10 Å². The van der Waals surface area contributed by atoms with Crippen LogP contribution in [0.4, 0.5) is 4.39 Å². The van der Waals surface area contributed by atoms with Crippen LogP contribution in [0.2, 0.25) is 0 Å². The number of nitrogens with two attached hydrogens (primary N) is 1. The average Bonchev–Trinajstić information content (AvgIpc) is 2.77. The summed E-state index contributed by atoms with van der Waals surface area (Å²) in [4.78, 5) is 2.01. The standard InChI is InChI=1S/C14H16FNOS/c1-9-5-6-13(18-9)14(17)12(8-16)10-3-2-4-11(15)7-10/h2-7,12,14,17H,8,16H2,1H3. The van der Waals surface area contributed by atoms with Crippen LogP contribution in [-0.4, -0.2) is 11.7 Å². The average molecular weight is 265 g/mol. The summed E-state index contributed by atoms with van der Waals surface area (Å²) in [6, 6.07) is 10.1. The van der Waals surface area contributed by atoms with Crippen LogP contribution >= 0.6 is 11.3 Å². The van der Waals surface area contributed by atoms with Crippen molar-refractivity contribution in [3.05, 3.63) is 57.5 Å². The minimum atomic E-state index is -0.685. The Morgan fingerprint density at radius 3 is 2.67 bits per heavy atom. The van der Waals surface area contributed by atoms with Gasteiger partial charge < -0.3 is 10.8 Å². The van der Waals surface area contributed by atoms with Gasteiger partial charge in [0.25, 0.3) is 0 Å². The SMILES string of the molecule is Cc1ccc(C(O)C(CN)c2cccc(F)c2)s1. The lowest BCUT2D eigenvalue weighted by molar-refractivity contribution is 0.151. The van der Waals surface area contributed by atoms with Crippen LogP contribution in [0.15, 0.2) is 36.4 Å². The maximum absolute atomic E-state index is 13.2. The molecule has 2 aromatic rings. The normalized spacial score (nSPS) is 14.4. The Bertz CT molecular complexity index is 526. The van der Waals surface area contributed by atoms with E-state index in [9.17, 15) is 9.50 Å². The van der Waals surface area contributed by atoms with Crippen LogP contribution in [0.25, 0.3) is 0 Å². The number of benzene rings is 1. The van der Waals surface area contributed by atoms with E-state index in [1.807, 2.05) is 19.1 Å². The van der Waals surface area contributed by atoms with Crippen molar-refractivity contribution in [1.82, 2.24) is 0 Å². The molecule has 96 valence electrons. The molecule has 3 N–H and O–H groups in total. The predicted molar refractivity (Wildman–Crippen MR) is 72.2 cm³/mol. The van der Waals surface area contributed by atoms with Gasteiger partial charge in [0, 0.05) is 22.2 Å². The largest absolute Gasteiger partial charge is 0.387 e. The summed E-state index contributed by atoms with van der Waals surface area (Å²) < 4.78 is 13.2. The fraction of sp³-hybridized carbons (Fsp3) is 0.286. The number of thiophene rings is 1. The molecule has 1 aromatic heterocycles. The molecule has 0 saturated carbocycles. The van der Waals surface area contributed by atoms with Crippen LogP contribution in [0.3, 0.4) is 0 Å². The summed E-state index contributed by atoms with van der Waals surface area (Å²) in [5.41, 5.74) is 6.45. The first-order valence-electron chi connectivity index (χ1n) is 5.81. The van der Waals surface area contributed by atoms with Gasteiger partial charge in [0.05, 0.1) is 6.10 Å². The maximum atomic E-state index is 13.2. The molecule has 0 amide bonds. The first-order chi connectivity index (χ1) is 8.61. The van der Waals surface area contributed by atoms with Gasteiger partial charge in [-0.1, -0.05) is 12.1 Å². The summed E-state index contributed by atoms with van der Waals surface area (Å²) in [5.74, 6) is -0.584. The molecule has 0 aliphatic rings. The smallest absolute Gasteiger partial charge is 0.123 e. The highest BCUT2D eigenvalue weighted by atomic mass is 32.1. The highest BCUT2D eigenvalue weighted by Crippen LogP contribution is 2.34. The number of aliphatic hydroxyl groups is 1. The zero-order chi connectivity index (χ0) is 13.1. The van der Waals surface area contributed by atoms with E-state index in [4.69, 9.17) is 5.73 Å². The lowest BCUT2D eigenvalue weighted by Gasteiger charge is -2.21. The Kier molecular flexibility index (Phi) is 4.11. The molecule has 0 fully saturated rings. The second kappa shape index (κ2) is 5.61. The monoisotopic (exact) mass is 265 g/mol. The Morgan fingerprint density at radius 1 is 1.33 bits per heavy atom. The number of aryl methyl sites for hydroxylation is 1. The molecule has 0 saturated heterocycles. The zero-order valence-corrected chi connectivity index (χ0v) is 11.0. The van der Waals surface area contributed by atoms with E-state index in [-0.39, 0.29) is 18.3 Å². The summed E-state index contributed by atoms with van der Waals surface area (Å²) >= 11 is 1.54. The van der Waals surface area contributed by atoms with Crippen LogP contribution in [0.5, 0.6) is 0 Å². The summed E-state index contributed by atoms with van der Waals surface area (Å²) in [7, 11) is 0. The predicted octanol–water partition coefficient (Wildman–Crippen LogP) is 2.97. The number of aliphatic hydroxyl groups excluding tert-OH is 1. The van der Waals surface area contributed by atoms with Crippen molar-refractivity contribution in [2.45, 2.75) is 18.9 Å². The highest BCUT2D eigenvalue weighted by Gasteiger charge is 2.22.